The fraction of sp³-hybridized carbons (Fsp3) is 0.125. The van der Waals surface area contributed by atoms with Crippen molar-refractivity contribution in [3.05, 3.63) is 71.4 Å². The van der Waals surface area contributed by atoms with E-state index in [0.29, 0.717) is 22.5 Å². The second-order valence-electron chi connectivity index (χ2n) is 4.73. The normalized spacial score (nSPS) is 12.3. The summed E-state index contributed by atoms with van der Waals surface area (Å²) < 4.78 is 18.4. The Morgan fingerprint density at radius 3 is 2.62 bits per heavy atom. The fourth-order valence-corrected chi connectivity index (χ4v) is 2.03. The maximum absolute atomic E-state index is 13.3. The molecular weight excluding hydrogens is 271 g/mol. The number of aromatic nitrogens is 2. The van der Waals surface area contributed by atoms with Crippen LogP contribution in [0, 0.1) is 12.7 Å². The van der Waals surface area contributed by atoms with Gasteiger partial charge in [-0.25, -0.2) is 4.39 Å². The van der Waals surface area contributed by atoms with Crippen molar-refractivity contribution in [1.82, 2.24) is 10.1 Å². The molecule has 0 aliphatic heterocycles. The van der Waals surface area contributed by atoms with E-state index in [1.165, 1.54) is 6.07 Å². The Bertz CT molecular complexity index is 756. The predicted molar refractivity (Wildman–Crippen MR) is 74.9 cm³/mol. The number of aliphatic hydroxyl groups is 1. The Labute approximate surface area is 120 Å². The van der Waals surface area contributed by atoms with Gasteiger partial charge >= 0.3 is 0 Å². The van der Waals surface area contributed by atoms with Crippen molar-refractivity contribution < 1.29 is 14.0 Å². The van der Waals surface area contributed by atoms with Gasteiger partial charge in [-0.1, -0.05) is 35.5 Å². The maximum atomic E-state index is 13.3. The van der Waals surface area contributed by atoms with Gasteiger partial charge in [-0.05, 0) is 36.2 Å². The lowest BCUT2D eigenvalue weighted by atomic mass is 10.1. The molecule has 4 nitrogen and oxygen atoms in total. The Balaban J connectivity index is 1.91. The third kappa shape index (κ3) is 2.68. The Morgan fingerprint density at radius 2 is 1.90 bits per heavy atom. The lowest BCUT2D eigenvalue weighted by Crippen LogP contribution is -1.99. The molecule has 0 fully saturated rings. The maximum Gasteiger partial charge on any atom is 0.260 e. The molecule has 3 rings (SSSR count). The summed E-state index contributed by atoms with van der Waals surface area (Å²) in [5, 5.41) is 14.0. The first-order chi connectivity index (χ1) is 10.1. The smallest absolute Gasteiger partial charge is 0.260 e. The number of halogens is 1. The highest BCUT2D eigenvalue weighted by atomic mass is 19.1. The quantitative estimate of drug-likeness (QED) is 0.802. The van der Waals surface area contributed by atoms with Crippen LogP contribution >= 0.6 is 0 Å². The molecule has 0 aliphatic rings. The van der Waals surface area contributed by atoms with Crippen molar-refractivity contribution in [2.24, 2.45) is 0 Å². The Hall–Kier alpha value is -2.53. The molecule has 1 aromatic heterocycles. The zero-order chi connectivity index (χ0) is 14.8. The minimum absolute atomic E-state index is 0.109. The van der Waals surface area contributed by atoms with E-state index in [0.717, 1.165) is 0 Å². The van der Waals surface area contributed by atoms with Crippen LogP contribution in [0.2, 0.25) is 0 Å². The molecule has 1 N–H and O–H groups in total. The SMILES string of the molecule is Cc1cc(-c2noc(C(O)c3ccccc3)n2)ccc1F. The van der Waals surface area contributed by atoms with Crippen molar-refractivity contribution in [2.45, 2.75) is 13.0 Å². The molecule has 3 aromatic rings. The summed E-state index contributed by atoms with van der Waals surface area (Å²) in [4.78, 5) is 4.18. The van der Waals surface area contributed by atoms with Crippen LogP contribution in [-0.2, 0) is 0 Å². The minimum Gasteiger partial charge on any atom is -0.378 e. The summed E-state index contributed by atoms with van der Waals surface area (Å²) >= 11 is 0. The number of aryl methyl sites for hydroxylation is 1. The molecule has 0 saturated carbocycles. The summed E-state index contributed by atoms with van der Waals surface area (Å²) in [7, 11) is 0. The largest absolute Gasteiger partial charge is 0.378 e. The number of rotatable bonds is 3. The van der Waals surface area contributed by atoms with E-state index in [1.807, 2.05) is 18.2 Å². The van der Waals surface area contributed by atoms with Gasteiger partial charge in [0.2, 0.25) is 5.82 Å². The zero-order valence-corrected chi connectivity index (χ0v) is 11.3. The van der Waals surface area contributed by atoms with Crippen molar-refractivity contribution in [2.75, 3.05) is 0 Å². The highest BCUT2D eigenvalue weighted by molar-refractivity contribution is 5.55. The van der Waals surface area contributed by atoms with Gasteiger partial charge < -0.3 is 9.63 Å². The first-order valence-electron chi connectivity index (χ1n) is 6.48. The molecule has 0 amide bonds. The van der Waals surface area contributed by atoms with Crippen LogP contribution in [0.3, 0.4) is 0 Å². The Morgan fingerprint density at radius 1 is 1.14 bits per heavy atom. The molecule has 1 unspecified atom stereocenters. The van der Waals surface area contributed by atoms with E-state index in [1.54, 1.807) is 31.2 Å². The van der Waals surface area contributed by atoms with E-state index in [2.05, 4.69) is 10.1 Å². The van der Waals surface area contributed by atoms with E-state index >= 15 is 0 Å². The van der Waals surface area contributed by atoms with Crippen LogP contribution < -0.4 is 0 Å². The average Bonchev–Trinajstić information content (AvgIpc) is 3.00. The van der Waals surface area contributed by atoms with E-state index in [4.69, 9.17) is 4.52 Å². The van der Waals surface area contributed by atoms with Crippen molar-refractivity contribution in [3.63, 3.8) is 0 Å². The lowest BCUT2D eigenvalue weighted by Gasteiger charge is -2.04. The summed E-state index contributed by atoms with van der Waals surface area (Å²) in [5.41, 5.74) is 1.81. The summed E-state index contributed by atoms with van der Waals surface area (Å²) in [6.45, 7) is 1.67. The molecule has 0 radical (unpaired) electrons. The first kappa shape index (κ1) is 13.5. The van der Waals surface area contributed by atoms with Crippen LogP contribution in [0.25, 0.3) is 11.4 Å². The molecule has 0 saturated heterocycles. The Kier molecular flexibility index (Phi) is 3.50. The van der Waals surface area contributed by atoms with Crippen molar-refractivity contribution in [3.8, 4) is 11.4 Å². The third-order valence-corrected chi connectivity index (χ3v) is 3.21. The second kappa shape index (κ2) is 5.46. The monoisotopic (exact) mass is 284 g/mol. The second-order valence-corrected chi connectivity index (χ2v) is 4.73. The van der Waals surface area contributed by atoms with Gasteiger partial charge in [0.25, 0.3) is 5.89 Å². The lowest BCUT2D eigenvalue weighted by molar-refractivity contribution is 0.170. The van der Waals surface area contributed by atoms with Gasteiger partial charge in [-0.2, -0.15) is 4.98 Å². The number of nitrogens with zero attached hydrogens (tertiary/aromatic N) is 2. The van der Waals surface area contributed by atoms with Crippen molar-refractivity contribution in [1.29, 1.82) is 0 Å². The zero-order valence-electron chi connectivity index (χ0n) is 11.3. The molecule has 0 aliphatic carbocycles. The average molecular weight is 284 g/mol. The van der Waals surface area contributed by atoms with Crippen LogP contribution in [0.15, 0.2) is 53.1 Å². The molecule has 0 spiro atoms. The highest BCUT2D eigenvalue weighted by Gasteiger charge is 2.18. The first-order valence-corrected chi connectivity index (χ1v) is 6.48. The summed E-state index contributed by atoms with van der Waals surface area (Å²) in [6.07, 6.45) is -0.978. The molecule has 5 heteroatoms. The van der Waals surface area contributed by atoms with Crippen LogP contribution in [0.4, 0.5) is 4.39 Å². The van der Waals surface area contributed by atoms with E-state index in [-0.39, 0.29) is 11.7 Å². The number of benzene rings is 2. The number of aliphatic hydroxyl groups excluding tert-OH is 1. The predicted octanol–water partition coefficient (Wildman–Crippen LogP) is 3.27. The standard InChI is InChI=1S/C16H13FN2O2/c1-10-9-12(7-8-13(10)17)15-18-16(21-19-15)14(20)11-5-3-2-4-6-11/h2-9,14,20H,1H3. The van der Waals surface area contributed by atoms with E-state index in [9.17, 15) is 9.50 Å². The van der Waals surface area contributed by atoms with Crippen molar-refractivity contribution >= 4 is 0 Å². The number of hydrogen-bond donors (Lipinski definition) is 1. The van der Waals surface area contributed by atoms with Gasteiger partial charge in [0.05, 0.1) is 0 Å². The fourth-order valence-electron chi connectivity index (χ4n) is 2.03. The molecule has 1 atom stereocenters. The van der Waals surface area contributed by atoms with Gasteiger partial charge in [-0.15, -0.1) is 0 Å². The topological polar surface area (TPSA) is 59.2 Å². The molecule has 106 valence electrons. The van der Waals surface area contributed by atoms with Crippen LogP contribution in [0.1, 0.15) is 23.1 Å². The molecular formula is C16H13FN2O2. The van der Waals surface area contributed by atoms with Gasteiger partial charge in [0.1, 0.15) is 5.82 Å². The van der Waals surface area contributed by atoms with Gasteiger partial charge in [-0.3, -0.25) is 0 Å². The van der Waals surface area contributed by atoms with Gasteiger partial charge in [0.15, 0.2) is 6.10 Å². The van der Waals surface area contributed by atoms with Gasteiger partial charge in [0, 0.05) is 5.56 Å². The molecule has 21 heavy (non-hydrogen) atoms. The molecule has 2 aromatic carbocycles. The summed E-state index contributed by atoms with van der Waals surface area (Å²) in [6, 6.07) is 13.6. The molecule has 0 bridgehead atoms. The highest BCUT2D eigenvalue weighted by Crippen LogP contribution is 2.24. The van der Waals surface area contributed by atoms with Crippen LogP contribution in [0.5, 0.6) is 0 Å². The summed E-state index contributed by atoms with van der Waals surface area (Å²) in [5.74, 6) is 0.146. The molecule has 1 heterocycles. The van der Waals surface area contributed by atoms with Crippen LogP contribution in [-0.4, -0.2) is 15.2 Å². The van der Waals surface area contributed by atoms with E-state index < -0.39 is 6.10 Å². The number of hydrogen-bond acceptors (Lipinski definition) is 4. The third-order valence-electron chi connectivity index (χ3n) is 3.21. The minimum atomic E-state index is -0.978.